The van der Waals surface area contributed by atoms with Crippen LogP contribution in [0.1, 0.15) is 23.7 Å². The first-order chi connectivity index (χ1) is 13.8. The minimum Gasteiger partial charge on any atom is -0.352 e. The number of hydrogen-bond acceptors (Lipinski definition) is 5. The number of benzene rings is 1. The molecule has 6 nitrogen and oxygen atoms in total. The van der Waals surface area contributed by atoms with Gasteiger partial charge in [-0.05, 0) is 18.6 Å². The van der Waals surface area contributed by atoms with Crippen molar-refractivity contribution in [2.24, 2.45) is 0 Å². The van der Waals surface area contributed by atoms with Crippen molar-refractivity contribution < 1.29 is 9.59 Å². The Kier molecular flexibility index (Phi) is 6.84. The number of nitrogens with one attached hydrogen (secondary N) is 2. The summed E-state index contributed by atoms with van der Waals surface area (Å²) < 4.78 is 0. The van der Waals surface area contributed by atoms with E-state index in [1.165, 1.54) is 18.3 Å². The van der Waals surface area contributed by atoms with Crippen molar-refractivity contribution in [2.45, 2.75) is 26.8 Å². The third-order valence-electron chi connectivity index (χ3n) is 4.03. The molecule has 2 heterocycles. The second-order valence-corrected chi connectivity index (χ2v) is 8.01. The first kappa shape index (κ1) is 21.2. The van der Waals surface area contributed by atoms with Crippen molar-refractivity contribution >= 4 is 51.5 Å². The predicted octanol–water partition coefficient (Wildman–Crippen LogP) is 4.64. The fourth-order valence-corrected chi connectivity index (χ4v) is 3.99. The number of anilines is 1. The molecular weight excluding hydrogens is 431 g/mol. The third kappa shape index (κ3) is 5.76. The summed E-state index contributed by atoms with van der Waals surface area (Å²) in [5, 5.41) is 8.52. The predicted molar refractivity (Wildman–Crippen MR) is 116 cm³/mol. The average Bonchev–Trinajstić information content (AvgIpc) is 3.11. The number of nitrogens with zero attached hydrogens (tertiary/aromatic N) is 2. The number of carbonyl (C=O) groups is 2. The molecule has 2 amide bonds. The van der Waals surface area contributed by atoms with Crippen molar-refractivity contribution in [1.82, 2.24) is 15.3 Å². The van der Waals surface area contributed by atoms with Gasteiger partial charge in [-0.2, -0.15) is 0 Å². The van der Waals surface area contributed by atoms with E-state index in [-0.39, 0.29) is 23.4 Å². The normalized spacial score (nSPS) is 10.6. The quantitative estimate of drug-likeness (QED) is 0.538. The molecular formula is C20H18Cl2N4O2S. The molecule has 2 aromatic heterocycles. The maximum Gasteiger partial charge on any atom is 0.230 e. The average molecular weight is 449 g/mol. The lowest BCUT2D eigenvalue weighted by Crippen LogP contribution is -2.18. The van der Waals surface area contributed by atoms with Crippen molar-refractivity contribution in [3.63, 3.8) is 0 Å². The zero-order valence-corrected chi connectivity index (χ0v) is 18.1. The minimum absolute atomic E-state index is 0.0116. The van der Waals surface area contributed by atoms with E-state index in [4.69, 9.17) is 23.2 Å². The molecule has 2 N–H and O–H groups in total. The molecule has 0 bridgehead atoms. The maximum atomic E-state index is 12.4. The Morgan fingerprint density at radius 3 is 2.52 bits per heavy atom. The van der Waals surface area contributed by atoms with Crippen LogP contribution in [0, 0.1) is 6.92 Å². The molecule has 0 fully saturated rings. The molecule has 29 heavy (non-hydrogen) atoms. The topological polar surface area (TPSA) is 84.0 Å². The van der Waals surface area contributed by atoms with Gasteiger partial charge in [-0.15, -0.1) is 11.3 Å². The maximum absolute atomic E-state index is 12.4. The lowest BCUT2D eigenvalue weighted by atomic mass is 10.1. The number of carbonyl (C=O) groups excluding carboxylic acids is 2. The van der Waals surface area contributed by atoms with Crippen LogP contribution in [-0.2, 0) is 22.6 Å². The molecule has 0 radical (unpaired) electrons. The van der Waals surface area contributed by atoms with Gasteiger partial charge in [0.2, 0.25) is 11.8 Å². The van der Waals surface area contributed by atoms with Gasteiger partial charge in [-0.25, -0.2) is 9.97 Å². The number of rotatable bonds is 6. The largest absolute Gasteiger partial charge is 0.352 e. The summed E-state index contributed by atoms with van der Waals surface area (Å²) in [6.07, 6.45) is 0.0116. The van der Waals surface area contributed by atoms with Crippen LogP contribution in [0.2, 0.25) is 10.2 Å². The van der Waals surface area contributed by atoms with Gasteiger partial charge < -0.3 is 10.6 Å². The number of pyridine rings is 1. The van der Waals surface area contributed by atoms with Crippen LogP contribution in [-0.4, -0.2) is 21.8 Å². The Hall–Kier alpha value is -2.48. The molecule has 3 rings (SSSR count). The van der Waals surface area contributed by atoms with Crippen molar-refractivity contribution in [3.8, 4) is 11.3 Å². The van der Waals surface area contributed by atoms with Gasteiger partial charge in [0.15, 0.2) is 5.13 Å². The van der Waals surface area contributed by atoms with E-state index >= 15 is 0 Å². The van der Waals surface area contributed by atoms with Crippen molar-refractivity contribution in [2.75, 3.05) is 5.32 Å². The van der Waals surface area contributed by atoms with E-state index in [2.05, 4.69) is 20.6 Å². The molecule has 1 aromatic carbocycles. The Morgan fingerprint density at radius 1 is 1.14 bits per heavy atom. The molecule has 0 aliphatic heterocycles. The highest BCUT2D eigenvalue weighted by Crippen LogP contribution is 2.27. The number of aryl methyl sites for hydroxylation is 1. The molecule has 0 spiro atoms. The summed E-state index contributed by atoms with van der Waals surface area (Å²) in [6, 6.07) is 9.38. The van der Waals surface area contributed by atoms with E-state index in [9.17, 15) is 9.59 Å². The first-order valence-electron chi connectivity index (χ1n) is 8.72. The van der Waals surface area contributed by atoms with Gasteiger partial charge in [0, 0.05) is 40.7 Å². The molecule has 0 saturated carbocycles. The van der Waals surface area contributed by atoms with Crippen LogP contribution in [0.4, 0.5) is 5.13 Å². The van der Waals surface area contributed by atoms with E-state index in [0.717, 1.165) is 16.8 Å². The van der Waals surface area contributed by atoms with E-state index in [0.29, 0.717) is 28.0 Å². The molecule has 0 saturated heterocycles. The number of thiazole rings is 1. The minimum atomic E-state index is -0.272. The molecule has 9 heteroatoms. The Balaban J connectivity index is 1.64. The monoisotopic (exact) mass is 448 g/mol. The van der Waals surface area contributed by atoms with Crippen molar-refractivity contribution in [3.05, 3.63) is 62.7 Å². The molecule has 0 atom stereocenters. The van der Waals surface area contributed by atoms with Gasteiger partial charge in [-0.1, -0.05) is 47.5 Å². The smallest absolute Gasteiger partial charge is 0.230 e. The zero-order chi connectivity index (χ0) is 21.0. The van der Waals surface area contributed by atoms with Gasteiger partial charge in [0.1, 0.15) is 5.15 Å². The van der Waals surface area contributed by atoms with E-state index in [1.54, 1.807) is 13.0 Å². The van der Waals surface area contributed by atoms with Crippen LogP contribution in [0.5, 0.6) is 0 Å². The van der Waals surface area contributed by atoms with Crippen LogP contribution in [0.3, 0.4) is 0 Å². The summed E-state index contributed by atoms with van der Waals surface area (Å²) in [5.41, 5.74) is 3.85. The SMILES string of the molecule is CC(=O)NCc1ccc(-c2csc(NC(=O)Cc3c(Cl)cc(C)nc3Cl)n2)cc1. The second kappa shape index (κ2) is 9.35. The second-order valence-electron chi connectivity index (χ2n) is 6.38. The van der Waals surface area contributed by atoms with Crippen LogP contribution in [0.25, 0.3) is 11.3 Å². The third-order valence-corrected chi connectivity index (χ3v) is 5.43. The molecule has 3 aromatic rings. The lowest BCUT2D eigenvalue weighted by Gasteiger charge is -2.07. The Labute approximate surface area is 182 Å². The zero-order valence-electron chi connectivity index (χ0n) is 15.8. The highest BCUT2D eigenvalue weighted by atomic mass is 35.5. The van der Waals surface area contributed by atoms with Gasteiger partial charge in [0.25, 0.3) is 0 Å². The van der Waals surface area contributed by atoms with Crippen LogP contribution < -0.4 is 10.6 Å². The highest BCUT2D eigenvalue weighted by Gasteiger charge is 2.15. The summed E-state index contributed by atoms with van der Waals surface area (Å²) in [5.74, 6) is -0.344. The molecule has 0 aliphatic rings. The van der Waals surface area contributed by atoms with E-state index < -0.39 is 0 Å². The molecule has 0 aliphatic carbocycles. The molecule has 150 valence electrons. The summed E-state index contributed by atoms with van der Waals surface area (Å²) >= 11 is 13.6. The standard InChI is InChI=1S/C20H18Cl2N4O2S/c1-11-7-16(21)15(19(22)24-11)8-18(28)26-20-25-17(10-29-20)14-5-3-13(4-6-14)9-23-12(2)27/h3-7,10H,8-9H2,1-2H3,(H,23,27)(H,25,26,28). The summed E-state index contributed by atoms with van der Waals surface area (Å²) in [6.45, 7) is 3.74. The van der Waals surface area contributed by atoms with E-state index in [1.807, 2.05) is 29.6 Å². The van der Waals surface area contributed by atoms with Crippen LogP contribution >= 0.6 is 34.5 Å². The summed E-state index contributed by atoms with van der Waals surface area (Å²) in [7, 11) is 0. The van der Waals surface area contributed by atoms with Gasteiger partial charge in [0.05, 0.1) is 12.1 Å². The Morgan fingerprint density at radius 2 is 1.86 bits per heavy atom. The number of aromatic nitrogens is 2. The van der Waals surface area contributed by atoms with Gasteiger partial charge >= 0.3 is 0 Å². The number of amides is 2. The summed E-state index contributed by atoms with van der Waals surface area (Å²) in [4.78, 5) is 31.9. The van der Waals surface area contributed by atoms with Crippen LogP contribution in [0.15, 0.2) is 35.7 Å². The number of hydrogen-bond donors (Lipinski definition) is 2. The first-order valence-corrected chi connectivity index (χ1v) is 10.4. The molecule has 0 unspecified atom stereocenters. The lowest BCUT2D eigenvalue weighted by molar-refractivity contribution is -0.119. The highest BCUT2D eigenvalue weighted by molar-refractivity contribution is 7.14. The van der Waals surface area contributed by atoms with Crippen molar-refractivity contribution in [1.29, 1.82) is 0 Å². The van der Waals surface area contributed by atoms with Gasteiger partial charge in [-0.3, -0.25) is 9.59 Å². The fraction of sp³-hybridized carbons (Fsp3) is 0.200. The number of halogens is 2. The Bertz CT molecular complexity index is 1030. The fourth-order valence-electron chi connectivity index (χ4n) is 2.59.